The van der Waals surface area contributed by atoms with Gasteiger partial charge in [-0.3, -0.25) is 0 Å². The van der Waals surface area contributed by atoms with E-state index < -0.39 is 0 Å². The Labute approximate surface area is 128 Å². The first-order valence-corrected chi connectivity index (χ1v) is 8.48. The molecule has 0 aromatic carbocycles. The lowest BCUT2D eigenvalue weighted by atomic mass is 10.1. The summed E-state index contributed by atoms with van der Waals surface area (Å²) in [7, 11) is 4.05. The minimum atomic E-state index is 0.400. The van der Waals surface area contributed by atoms with Crippen molar-refractivity contribution in [1.29, 1.82) is 0 Å². The van der Waals surface area contributed by atoms with Crippen LogP contribution in [-0.4, -0.2) is 30.1 Å². The van der Waals surface area contributed by atoms with Gasteiger partial charge in [0.25, 0.3) is 0 Å². The Morgan fingerprint density at radius 2 is 1.85 bits per heavy atom. The van der Waals surface area contributed by atoms with Crippen LogP contribution in [0.2, 0.25) is 0 Å². The Bertz CT molecular complexity index is 569. The van der Waals surface area contributed by atoms with Crippen LogP contribution in [0.4, 0.5) is 10.3 Å². The minimum Gasteiger partial charge on any atom is -0.359 e. The van der Waals surface area contributed by atoms with Gasteiger partial charge < -0.3 is 10.2 Å². The number of rotatable bonds is 5. The fraction of sp³-hybridized carbons (Fsp3) is 0.571. The first kappa shape index (κ1) is 15.3. The van der Waals surface area contributed by atoms with E-state index in [-0.39, 0.29) is 0 Å². The average molecular weight is 310 g/mol. The molecule has 4 nitrogen and oxygen atoms in total. The predicted molar refractivity (Wildman–Crippen MR) is 90.4 cm³/mol. The van der Waals surface area contributed by atoms with Crippen LogP contribution in [0.5, 0.6) is 0 Å². The molecule has 2 aromatic heterocycles. The van der Waals surface area contributed by atoms with Crippen LogP contribution in [-0.2, 0) is 0 Å². The molecular weight excluding hydrogens is 288 g/mol. The zero-order chi connectivity index (χ0) is 14.9. The molecule has 0 saturated heterocycles. The Balaban J connectivity index is 2.38. The van der Waals surface area contributed by atoms with Crippen LogP contribution in [0, 0.1) is 0 Å². The van der Waals surface area contributed by atoms with Crippen LogP contribution >= 0.6 is 22.7 Å². The van der Waals surface area contributed by atoms with Gasteiger partial charge in [0.15, 0.2) is 10.3 Å². The first-order chi connectivity index (χ1) is 9.38. The summed E-state index contributed by atoms with van der Waals surface area (Å²) >= 11 is 3.37. The zero-order valence-corrected chi connectivity index (χ0v) is 14.5. The highest BCUT2D eigenvalue weighted by Gasteiger charge is 2.19. The maximum absolute atomic E-state index is 4.74. The number of hydrogen-bond donors (Lipinski definition) is 1. The lowest BCUT2D eigenvalue weighted by Gasteiger charge is -2.05. The molecular formula is C14H22N4S2. The summed E-state index contributed by atoms with van der Waals surface area (Å²) in [4.78, 5) is 12.7. The monoisotopic (exact) mass is 310 g/mol. The smallest absolute Gasteiger partial charge is 0.185 e. The third-order valence-corrected chi connectivity index (χ3v) is 4.76. The van der Waals surface area contributed by atoms with Gasteiger partial charge in [0, 0.05) is 25.5 Å². The van der Waals surface area contributed by atoms with Gasteiger partial charge in [0.05, 0.1) is 16.3 Å². The number of nitrogens with zero attached hydrogens (tertiary/aromatic N) is 3. The van der Waals surface area contributed by atoms with Crippen LogP contribution < -0.4 is 10.2 Å². The van der Waals surface area contributed by atoms with Gasteiger partial charge >= 0.3 is 0 Å². The molecule has 2 heterocycles. The van der Waals surface area contributed by atoms with Gasteiger partial charge in [0.2, 0.25) is 0 Å². The van der Waals surface area contributed by atoms with Crippen LogP contribution in [0.15, 0.2) is 5.38 Å². The topological polar surface area (TPSA) is 41.1 Å². The summed E-state index contributed by atoms with van der Waals surface area (Å²) in [6.45, 7) is 8.60. The van der Waals surface area contributed by atoms with Crippen molar-refractivity contribution < 1.29 is 0 Å². The summed E-state index contributed by atoms with van der Waals surface area (Å²) in [5, 5.41) is 7.48. The molecule has 0 radical (unpaired) electrons. The Hall–Kier alpha value is -1.14. The molecule has 20 heavy (non-hydrogen) atoms. The van der Waals surface area contributed by atoms with E-state index in [2.05, 4.69) is 43.3 Å². The number of nitrogens with one attached hydrogen (secondary N) is 1. The van der Waals surface area contributed by atoms with Crippen molar-refractivity contribution in [2.45, 2.75) is 39.7 Å². The maximum atomic E-state index is 4.74. The average Bonchev–Trinajstić information content (AvgIpc) is 2.93. The van der Waals surface area contributed by atoms with Crippen LogP contribution in [0.3, 0.4) is 0 Å². The Kier molecular flexibility index (Phi) is 4.65. The summed E-state index contributed by atoms with van der Waals surface area (Å²) in [6, 6.07) is 0.400. The highest BCUT2D eigenvalue weighted by Crippen LogP contribution is 2.38. The second kappa shape index (κ2) is 6.10. The van der Waals surface area contributed by atoms with Crippen LogP contribution in [0.25, 0.3) is 10.6 Å². The highest BCUT2D eigenvalue weighted by molar-refractivity contribution is 7.19. The van der Waals surface area contributed by atoms with Gasteiger partial charge in [0.1, 0.15) is 0 Å². The molecule has 6 heteroatoms. The molecule has 0 spiro atoms. The molecule has 0 unspecified atom stereocenters. The molecule has 0 aliphatic carbocycles. The van der Waals surface area contributed by atoms with E-state index in [4.69, 9.17) is 9.97 Å². The van der Waals surface area contributed by atoms with Crippen molar-refractivity contribution >= 4 is 32.9 Å². The number of anilines is 2. The van der Waals surface area contributed by atoms with Crippen molar-refractivity contribution in [3.05, 3.63) is 11.1 Å². The molecule has 2 aromatic rings. The minimum absolute atomic E-state index is 0.400. The van der Waals surface area contributed by atoms with Crippen molar-refractivity contribution in [3.8, 4) is 10.6 Å². The fourth-order valence-corrected chi connectivity index (χ4v) is 3.80. The van der Waals surface area contributed by atoms with Gasteiger partial charge in [-0.25, -0.2) is 9.97 Å². The number of hydrogen-bond acceptors (Lipinski definition) is 6. The van der Waals surface area contributed by atoms with E-state index >= 15 is 0 Å². The van der Waals surface area contributed by atoms with E-state index in [9.17, 15) is 0 Å². The third-order valence-electron chi connectivity index (χ3n) is 2.72. The van der Waals surface area contributed by atoms with E-state index in [1.54, 1.807) is 22.7 Å². The van der Waals surface area contributed by atoms with E-state index in [0.717, 1.165) is 21.7 Å². The van der Waals surface area contributed by atoms with E-state index in [1.807, 2.05) is 14.1 Å². The molecule has 0 amide bonds. The molecule has 0 aliphatic rings. The second-order valence-corrected chi connectivity index (χ2v) is 7.43. The summed E-state index contributed by atoms with van der Waals surface area (Å²) in [5.41, 5.74) is 2.17. The van der Waals surface area contributed by atoms with Crippen molar-refractivity contribution in [2.24, 2.45) is 0 Å². The normalized spacial score (nSPS) is 11.4. The second-order valence-electron chi connectivity index (χ2n) is 5.60. The molecule has 0 aliphatic heterocycles. The highest BCUT2D eigenvalue weighted by atomic mass is 32.1. The fourth-order valence-electron chi connectivity index (χ4n) is 1.78. The summed E-state index contributed by atoms with van der Waals surface area (Å²) < 4.78 is 0. The Morgan fingerprint density at radius 3 is 2.40 bits per heavy atom. The predicted octanol–water partition coefficient (Wildman–Crippen LogP) is 4.28. The molecule has 0 bridgehead atoms. The molecule has 2 rings (SSSR count). The summed E-state index contributed by atoms with van der Waals surface area (Å²) in [5.74, 6) is 0.401. The van der Waals surface area contributed by atoms with E-state index in [1.165, 1.54) is 4.88 Å². The van der Waals surface area contributed by atoms with E-state index in [0.29, 0.717) is 12.0 Å². The Morgan fingerprint density at radius 1 is 1.15 bits per heavy atom. The van der Waals surface area contributed by atoms with Gasteiger partial charge in [-0.1, -0.05) is 25.2 Å². The molecule has 0 fully saturated rings. The quantitative estimate of drug-likeness (QED) is 0.895. The lowest BCUT2D eigenvalue weighted by molar-refractivity contribution is 0.831. The molecule has 110 valence electrons. The van der Waals surface area contributed by atoms with Crippen LogP contribution in [0.1, 0.15) is 39.3 Å². The molecule has 0 saturated carbocycles. The van der Waals surface area contributed by atoms with Gasteiger partial charge in [-0.2, -0.15) is 0 Å². The summed E-state index contributed by atoms with van der Waals surface area (Å²) in [6.07, 6.45) is 0. The molecule has 0 atom stereocenters. The van der Waals surface area contributed by atoms with Gasteiger partial charge in [-0.15, -0.1) is 11.3 Å². The van der Waals surface area contributed by atoms with Crippen molar-refractivity contribution in [3.63, 3.8) is 0 Å². The maximum Gasteiger partial charge on any atom is 0.185 e. The van der Waals surface area contributed by atoms with Crippen molar-refractivity contribution in [1.82, 2.24) is 9.97 Å². The largest absolute Gasteiger partial charge is 0.359 e. The zero-order valence-electron chi connectivity index (χ0n) is 12.9. The number of thiazole rings is 2. The lowest BCUT2D eigenvalue weighted by Crippen LogP contribution is -2.09. The SMILES string of the molecule is CC(C)Nc1nc(-c2sc(N(C)C)nc2C(C)C)cs1. The van der Waals surface area contributed by atoms with Crippen molar-refractivity contribution in [2.75, 3.05) is 24.3 Å². The van der Waals surface area contributed by atoms with Gasteiger partial charge in [-0.05, 0) is 19.8 Å². The first-order valence-electron chi connectivity index (χ1n) is 6.79. The third kappa shape index (κ3) is 3.30. The standard InChI is InChI=1S/C14H22N4S2/c1-8(2)11-12(20-14(17-11)18(5)6)10-7-19-13(16-10)15-9(3)4/h7-9H,1-6H3,(H,15,16). The number of aromatic nitrogens is 2. The molecule has 1 N–H and O–H groups in total.